The molecule has 1 aromatic carbocycles. The smallest absolute Gasteiger partial charge is 0.251 e. The van der Waals surface area contributed by atoms with Crippen LogP contribution >= 0.6 is 0 Å². The standard InChI is InChI=1S/C15H20N2O3/c1-11-12(5-2-6-13(11)18)15(20)16-8-4-10-17-9-3-7-14(17)19/h2,5-6,18H,3-4,7-10H2,1H3,(H,16,20). The molecule has 0 saturated carbocycles. The molecule has 108 valence electrons. The summed E-state index contributed by atoms with van der Waals surface area (Å²) in [5.74, 6) is 0.145. The molecule has 0 atom stereocenters. The average Bonchev–Trinajstić information content (AvgIpc) is 2.83. The van der Waals surface area contributed by atoms with Crippen LogP contribution in [0.3, 0.4) is 0 Å². The van der Waals surface area contributed by atoms with Crippen LogP contribution in [-0.4, -0.2) is 41.5 Å². The van der Waals surface area contributed by atoms with Gasteiger partial charge in [0, 0.05) is 37.2 Å². The lowest BCUT2D eigenvalue weighted by Crippen LogP contribution is -2.30. The molecule has 2 rings (SSSR count). The fraction of sp³-hybridized carbons (Fsp3) is 0.467. The minimum atomic E-state index is -0.189. The first kappa shape index (κ1) is 14.4. The molecule has 0 bridgehead atoms. The van der Waals surface area contributed by atoms with Gasteiger partial charge < -0.3 is 15.3 Å². The van der Waals surface area contributed by atoms with Crippen LogP contribution in [-0.2, 0) is 4.79 Å². The topological polar surface area (TPSA) is 69.6 Å². The second-order valence-electron chi connectivity index (χ2n) is 5.04. The van der Waals surface area contributed by atoms with Crippen LogP contribution in [0.1, 0.15) is 35.2 Å². The zero-order valence-corrected chi connectivity index (χ0v) is 11.7. The molecule has 2 N–H and O–H groups in total. The zero-order valence-electron chi connectivity index (χ0n) is 11.7. The van der Waals surface area contributed by atoms with E-state index in [9.17, 15) is 14.7 Å². The summed E-state index contributed by atoms with van der Waals surface area (Å²) in [6.45, 7) is 3.77. The predicted octanol–water partition coefficient (Wildman–Crippen LogP) is 1.44. The highest BCUT2D eigenvalue weighted by atomic mass is 16.3. The van der Waals surface area contributed by atoms with E-state index in [1.165, 1.54) is 0 Å². The van der Waals surface area contributed by atoms with Crippen LogP contribution in [0.15, 0.2) is 18.2 Å². The Morgan fingerprint density at radius 3 is 2.95 bits per heavy atom. The van der Waals surface area contributed by atoms with Crippen molar-refractivity contribution in [1.29, 1.82) is 0 Å². The maximum atomic E-state index is 12.0. The quantitative estimate of drug-likeness (QED) is 0.800. The number of rotatable bonds is 5. The number of amides is 2. The second-order valence-corrected chi connectivity index (χ2v) is 5.04. The Morgan fingerprint density at radius 1 is 1.45 bits per heavy atom. The summed E-state index contributed by atoms with van der Waals surface area (Å²) in [5.41, 5.74) is 1.07. The molecule has 1 heterocycles. The van der Waals surface area contributed by atoms with Crippen molar-refractivity contribution >= 4 is 11.8 Å². The number of phenols is 1. The van der Waals surface area contributed by atoms with E-state index >= 15 is 0 Å². The lowest BCUT2D eigenvalue weighted by molar-refractivity contribution is -0.127. The molecule has 0 spiro atoms. The number of nitrogens with zero attached hydrogens (tertiary/aromatic N) is 1. The Labute approximate surface area is 118 Å². The van der Waals surface area contributed by atoms with Gasteiger partial charge in [-0.05, 0) is 31.9 Å². The van der Waals surface area contributed by atoms with Crippen molar-refractivity contribution < 1.29 is 14.7 Å². The minimum absolute atomic E-state index is 0.125. The van der Waals surface area contributed by atoms with Crippen LogP contribution in [0, 0.1) is 6.92 Å². The van der Waals surface area contributed by atoms with Crippen molar-refractivity contribution in [3.8, 4) is 5.75 Å². The summed E-state index contributed by atoms with van der Waals surface area (Å²) in [4.78, 5) is 25.2. The van der Waals surface area contributed by atoms with E-state index in [4.69, 9.17) is 0 Å². The number of carbonyl (C=O) groups excluding carboxylic acids is 2. The molecule has 1 fully saturated rings. The normalized spacial score (nSPS) is 14.7. The van der Waals surface area contributed by atoms with Gasteiger partial charge in [0.15, 0.2) is 0 Å². The van der Waals surface area contributed by atoms with Crippen molar-refractivity contribution in [2.75, 3.05) is 19.6 Å². The highest BCUT2D eigenvalue weighted by Crippen LogP contribution is 2.19. The molecule has 5 nitrogen and oxygen atoms in total. The van der Waals surface area contributed by atoms with Crippen LogP contribution in [0.4, 0.5) is 0 Å². The first-order valence-electron chi connectivity index (χ1n) is 6.94. The lowest BCUT2D eigenvalue weighted by atomic mass is 10.1. The molecular formula is C15H20N2O3. The number of aromatic hydroxyl groups is 1. The maximum Gasteiger partial charge on any atom is 0.251 e. The third kappa shape index (κ3) is 3.29. The van der Waals surface area contributed by atoms with Crippen molar-refractivity contribution in [2.24, 2.45) is 0 Å². The van der Waals surface area contributed by atoms with E-state index < -0.39 is 0 Å². The van der Waals surface area contributed by atoms with Gasteiger partial charge in [0.2, 0.25) is 5.91 Å². The summed E-state index contributed by atoms with van der Waals surface area (Å²) in [7, 11) is 0. The van der Waals surface area contributed by atoms with Gasteiger partial charge in [0.05, 0.1) is 0 Å². The Bertz CT molecular complexity index is 514. The van der Waals surface area contributed by atoms with Gasteiger partial charge >= 0.3 is 0 Å². The first-order valence-corrected chi connectivity index (χ1v) is 6.94. The third-order valence-corrected chi connectivity index (χ3v) is 3.61. The monoisotopic (exact) mass is 276 g/mol. The molecule has 2 amide bonds. The number of hydrogen-bond acceptors (Lipinski definition) is 3. The van der Waals surface area contributed by atoms with Gasteiger partial charge in [0.1, 0.15) is 5.75 Å². The van der Waals surface area contributed by atoms with Crippen LogP contribution in [0.2, 0.25) is 0 Å². The van der Waals surface area contributed by atoms with Gasteiger partial charge in [0.25, 0.3) is 5.91 Å². The van der Waals surface area contributed by atoms with Crippen LogP contribution in [0.5, 0.6) is 5.75 Å². The van der Waals surface area contributed by atoms with E-state index in [1.807, 2.05) is 4.90 Å². The molecule has 20 heavy (non-hydrogen) atoms. The summed E-state index contributed by atoms with van der Waals surface area (Å²) in [5, 5.41) is 12.4. The third-order valence-electron chi connectivity index (χ3n) is 3.61. The molecule has 5 heteroatoms. The van der Waals surface area contributed by atoms with E-state index in [2.05, 4.69) is 5.32 Å². The van der Waals surface area contributed by atoms with Crippen molar-refractivity contribution in [3.63, 3.8) is 0 Å². The van der Waals surface area contributed by atoms with E-state index in [1.54, 1.807) is 25.1 Å². The maximum absolute atomic E-state index is 12.0. The molecule has 0 aromatic heterocycles. The molecule has 0 radical (unpaired) electrons. The lowest BCUT2D eigenvalue weighted by Gasteiger charge is -2.15. The van der Waals surface area contributed by atoms with Gasteiger partial charge in [-0.3, -0.25) is 9.59 Å². The van der Waals surface area contributed by atoms with Gasteiger partial charge in [-0.25, -0.2) is 0 Å². The molecule has 1 saturated heterocycles. The molecule has 1 aromatic rings. The van der Waals surface area contributed by atoms with E-state index in [0.717, 1.165) is 19.4 Å². The van der Waals surface area contributed by atoms with Crippen LogP contribution in [0.25, 0.3) is 0 Å². The summed E-state index contributed by atoms with van der Waals surface area (Å²) >= 11 is 0. The molecule has 1 aliphatic heterocycles. The van der Waals surface area contributed by atoms with Crippen molar-refractivity contribution in [3.05, 3.63) is 29.3 Å². The number of hydrogen-bond donors (Lipinski definition) is 2. The van der Waals surface area contributed by atoms with Gasteiger partial charge in [-0.2, -0.15) is 0 Å². The second kappa shape index (κ2) is 6.41. The summed E-state index contributed by atoms with van der Waals surface area (Å²) in [6, 6.07) is 4.90. The van der Waals surface area contributed by atoms with Gasteiger partial charge in [-0.1, -0.05) is 6.07 Å². The summed E-state index contributed by atoms with van der Waals surface area (Å²) < 4.78 is 0. The Hall–Kier alpha value is -2.04. The highest BCUT2D eigenvalue weighted by molar-refractivity contribution is 5.96. The molecule has 0 unspecified atom stereocenters. The predicted molar refractivity (Wildman–Crippen MR) is 75.6 cm³/mol. The van der Waals surface area contributed by atoms with E-state index in [-0.39, 0.29) is 17.6 Å². The average molecular weight is 276 g/mol. The van der Waals surface area contributed by atoms with Crippen molar-refractivity contribution in [1.82, 2.24) is 10.2 Å². The summed E-state index contributed by atoms with van der Waals surface area (Å²) in [6.07, 6.45) is 2.33. The molecular weight excluding hydrogens is 256 g/mol. The highest BCUT2D eigenvalue weighted by Gasteiger charge is 2.19. The number of likely N-dealkylation sites (tertiary alicyclic amines) is 1. The SMILES string of the molecule is Cc1c(O)cccc1C(=O)NCCCN1CCCC1=O. The Balaban J connectivity index is 1.78. The zero-order chi connectivity index (χ0) is 14.5. The number of nitrogens with one attached hydrogen (secondary N) is 1. The van der Waals surface area contributed by atoms with Crippen LogP contribution < -0.4 is 5.32 Å². The fourth-order valence-electron chi connectivity index (χ4n) is 2.38. The fourth-order valence-corrected chi connectivity index (χ4v) is 2.38. The number of benzene rings is 1. The largest absolute Gasteiger partial charge is 0.508 e. The number of carbonyl (C=O) groups is 2. The Morgan fingerprint density at radius 2 is 2.25 bits per heavy atom. The molecule has 1 aliphatic rings. The van der Waals surface area contributed by atoms with E-state index in [0.29, 0.717) is 30.6 Å². The minimum Gasteiger partial charge on any atom is -0.508 e. The van der Waals surface area contributed by atoms with Crippen molar-refractivity contribution in [2.45, 2.75) is 26.2 Å². The Kier molecular flexibility index (Phi) is 4.61. The molecule has 0 aliphatic carbocycles. The first-order chi connectivity index (χ1) is 9.59. The van der Waals surface area contributed by atoms with Gasteiger partial charge in [-0.15, -0.1) is 0 Å². The number of phenolic OH excluding ortho intramolecular Hbond substituents is 1.